The quantitative estimate of drug-likeness (QED) is 0.633. The fraction of sp³-hybridized carbons (Fsp3) is 0.958. The van der Waals surface area contributed by atoms with Gasteiger partial charge in [0.05, 0.1) is 0 Å². The van der Waals surface area contributed by atoms with Crippen molar-refractivity contribution in [1.82, 2.24) is 0 Å². The Hall–Kier alpha value is -0.530. The van der Waals surface area contributed by atoms with Crippen molar-refractivity contribution in [3.05, 3.63) is 0 Å². The Bertz CT molecular complexity index is 556. The van der Waals surface area contributed by atoms with Gasteiger partial charge in [0.2, 0.25) is 0 Å². The molecular formula is C24H40O2. The van der Waals surface area contributed by atoms with E-state index >= 15 is 0 Å². The molecule has 4 rings (SSSR count). The van der Waals surface area contributed by atoms with Gasteiger partial charge in [0.1, 0.15) is 0 Å². The average molecular weight is 361 g/mol. The standard InChI is InChI=1S/C24H40O2/c1-15-9-11-23(3)17(13-15)5-6-18-20-8-7-19(16(2)14-22(25)26)24(20,4)12-10-21(18)23/h15-21H,5-14H2,1-4H3,(H,25,26). The lowest BCUT2D eigenvalue weighted by Gasteiger charge is -2.61. The third kappa shape index (κ3) is 2.76. The van der Waals surface area contributed by atoms with Gasteiger partial charge in [0.15, 0.2) is 0 Å². The number of aliphatic carboxylic acids is 1. The highest BCUT2D eigenvalue weighted by atomic mass is 16.4. The molecule has 2 heteroatoms. The average Bonchev–Trinajstić information content (AvgIpc) is 2.92. The Balaban J connectivity index is 1.55. The number of rotatable bonds is 3. The van der Waals surface area contributed by atoms with E-state index in [4.69, 9.17) is 0 Å². The maximum Gasteiger partial charge on any atom is 0.303 e. The number of carboxylic acids is 1. The van der Waals surface area contributed by atoms with Crippen LogP contribution in [0.4, 0.5) is 0 Å². The Morgan fingerprint density at radius 1 is 1.00 bits per heavy atom. The third-order valence-electron chi connectivity index (χ3n) is 10.2. The maximum absolute atomic E-state index is 11.3. The molecular weight excluding hydrogens is 320 g/mol. The van der Waals surface area contributed by atoms with Gasteiger partial charge in [-0.25, -0.2) is 0 Å². The number of carbonyl (C=O) groups is 1. The normalized spacial score (nSPS) is 51.8. The van der Waals surface area contributed by atoms with Crippen molar-refractivity contribution in [3.63, 3.8) is 0 Å². The van der Waals surface area contributed by atoms with E-state index in [1.165, 1.54) is 57.8 Å². The van der Waals surface area contributed by atoms with Gasteiger partial charge in [-0.2, -0.15) is 0 Å². The second-order valence-electron chi connectivity index (χ2n) is 11.3. The highest BCUT2D eigenvalue weighted by molar-refractivity contribution is 5.67. The molecule has 148 valence electrons. The van der Waals surface area contributed by atoms with Crippen LogP contribution >= 0.6 is 0 Å². The highest BCUT2D eigenvalue weighted by Crippen LogP contribution is 2.68. The van der Waals surface area contributed by atoms with Crippen LogP contribution in [-0.2, 0) is 4.79 Å². The number of hydrogen-bond donors (Lipinski definition) is 1. The summed E-state index contributed by atoms with van der Waals surface area (Å²) in [5, 5.41) is 9.30. The SMILES string of the molecule is CC1CCC2(C)C(CCC3C2CCC2(C)C(C(C)CC(=O)O)CCC32)C1. The zero-order chi connectivity index (χ0) is 18.7. The minimum absolute atomic E-state index is 0.335. The molecule has 0 radical (unpaired) electrons. The zero-order valence-electron chi connectivity index (χ0n) is 17.5. The molecule has 0 bridgehead atoms. The molecule has 2 nitrogen and oxygen atoms in total. The number of carboxylic acid groups (broad SMARTS) is 1. The number of fused-ring (bicyclic) bond motifs is 5. The minimum atomic E-state index is -0.609. The third-order valence-corrected chi connectivity index (χ3v) is 10.2. The summed E-state index contributed by atoms with van der Waals surface area (Å²) in [7, 11) is 0. The van der Waals surface area contributed by atoms with Gasteiger partial charge < -0.3 is 5.11 Å². The van der Waals surface area contributed by atoms with Crippen molar-refractivity contribution in [2.75, 3.05) is 0 Å². The van der Waals surface area contributed by atoms with Gasteiger partial charge in [-0.3, -0.25) is 4.79 Å². The Morgan fingerprint density at radius 2 is 1.69 bits per heavy atom. The summed E-state index contributed by atoms with van der Waals surface area (Å²) in [5.74, 6) is 4.99. The van der Waals surface area contributed by atoms with Crippen LogP contribution in [0.1, 0.15) is 91.9 Å². The summed E-state index contributed by atoms with van der Waals surface area (Å²) in [6.45, 7) is 9.87. The molecule has 0 saturated heterocycles. The van der Waals surface area contributed by atoms with E-state index in [9.17, 15) is 9.90 Å². The first-order valence-corrected chi connectivity index (χ1v) is 11.5. The van der Waals surface area contributed by atoms with Crippen LogP contribution in [0.2, 0.25) is 0 Å². The van der Waals surface area contributed by atoms with Crippen molar-refractivity contribution in [1.29, 1.82) is 0 Å². The van der Waals surface area contributed by atoms with E-state index in [0.717, 1.165) is 29.6 Å². The monoisotopic (exact) mass is 360 g/mol. The fourth-order valence-corrected chi connectivity index (χ4v) is 8.87. The summed E-state index contributed by atoms with van der Waals surface area (Å²) in [6.07, 6.45) is 13.1. The van der Waals surface area contributed by atoms with Crippen molar-refractivity contribution in [2.45, 2.75) is 91.9 Å². The minimum Gasteiger partial charge on any atom is -0.481 e. The predicted molar refractivity (Wildman–Crippen MR) is 106 cm³/mol. The Kier molecular flexibility index (Phi) is 4.72. The summed E-state index contributed by atoms with van der Waals surface area (Å²) < 4.78 is 0. The van der Waals surface area contributed by atoms with Gasteiger partial charge >= 0.3 is 5.97 Å². The molecule has 0 amide bonds. The maximum atomic E-state index is 11.3. The van der Waals surface area contributed by atoms with E-state index in [1.54, 1.807) is 0 Å². The van der Waals surface area contributed by atoms with Crippen LogP contribution in [-0.4, -0.2) is 11.1 Å². The molecule has 4 fully saturated rings. The van der Waals surface area contributed by atoms with Crippen LogP contribution in [0.25, 0.3) is 0 Å². The van der Waals surface area contributed by atoms with E-state index in [0.29, 0.717) is 29.1 Å². The molecule has 0 aromatic carbocycles. The molecule has 4 aliphatic rings. The van der Waals surface area contributed by atoms with Crippen LogP contribution in [0.5, 0.6) is 0 Å². The summed E-state index contributed by atoms with van der Waals surface area (Å²) in [4.78, 5) is 11.3. The molecule has 9 unspecified atom stereocenters. The van der Waals surface area contributed by atoms with Gasteiger partial charge in [-0.1, -0.05) is 34.1 Å². The molecule has 0 aliphatic heterocycles. The fourth-order valence-electron chi connectivity index (χ4n) is 8.87. The first-order chi connectivity index (χ1) is 12.3. The molecule has 0 spiro atoms. The summed E-state index contributed by atoms with van der Waals surface area (Å²) in [5.41, 5.74) is 1.00. The summed E-state index contributed by atoms with van der Waals surface area (Å²) in [6, 6.07) is 0. The van der Waals surface area contributed by atoms with Crippen molar-refractivity contribution < 1.29 is 9.90 Å². The zero-order valence-corrected chi connectivity index (χ0v) is 17.5. The molecule has 1 N–H and O–H groups in total. The molecule has 4 saturated carbocycles. The van der Waals surface area contributed by atoms with Crippen LogP contribution in [0.3, 0.4) is 0 Å². The Morgan fingerprint density at radius 3 is 2.42 bits per heavy atom. The Labute approximate surface area is 160 Å². The summed E-state index contributed by atoms with van der Waals surface area (Å²) >= 11 is 0. The van der Waals surface area contributed by atoms with Gasteiger partial charge in [-0.05, 0) is 104 Å². The number of hydrogen-bond acceptors (Lipinski definition) is 1. The van der Waals surface area contributed by atoms with E-state index in [1.807, 2.05) is 0 Å². The highest BCUT2D eigenvalue weighted by Gasteiger charge is 2.60. The first kappa shape index (κ1) is 18.8. The topological polar surface area (TPSA) is 37.3 Å². The lowest BCUT2D eigenvalue weighted by atomic mass is 9.44. The first-order valence-electron chi connectivity index (χ1n) is 11.5. The largest absolute Gasteiger partial charge is 0.481 e. The van der Waals surface area contributed by atoms with Crippen molar-refractivity contribution in [2.24, 2.45) is 52.3 Å². The lowest BCUT2D eigenvalue weighted by Crippen LogP contribution is -2.53. The second kappa shape index (κ2) is 6.52. The second-order valence-corrected chi connectivity index (χ2v) is 11.3. The van der Waals surface area contributed by atoms with Crippen LogP contribution in [0, 0.1) is 52.3 Å². The van der Waals surface area contributed by atoms with E-state index < -0.39 is 5.97 Å². The van der Waals surface area contributed by atoms with E-state index in [2.05, 4.69) is 27.7 Å². The molecule has 0 aromatic rings. The molecule has 0 aromatic heterocycles. The van der Waals surface area contributed by atoms with Gasteiger partial charge in [0.25, 0.3) is 0 Å². The molecule has 0 heterocycles. The molecule has 4 aliphatic carbocycles. The van der Waals surface area contributed by atoms with Gasteiger partial charge in [0, 0.05) is 6.42 Å². The van der Waals surface area contributed by atoms with Crippen molar-refractivity contribution in [3.8, 4) is 0 Å². The van der Waals surface area contributed by atoms with Crippen LogP contribution < -0.4 is 0 Å². The smallest absolute Gasteiger partial charge is 0.303 e. The van der Waals surface area contributed by atoms with Gasteiger partial charge in [-0.15, -0.1) is 0 Å². The molecule has 9 atom stereocenters. The lowest BCUT2D eigenvalue weighted by molar-refractivity contribution is -0.140. The van der Waals surface area contributed by atoms with Crippen LogP contribution in [0.15, 0.2) is 0 Å². The molecule has 26 heavy (non-hydrogen) atoms. The van der Waals surface area contributed by atoms with Crippen molar-refractivity contribution >= 4 is 5.97 Å². The predicted octanol–water partition coefficient (Wildman–Crippen LogP) is 6.39. The van der Waals surface area contributed by atoms with E-state index in [-0.39, 0.29) is 0 Å².